The van der Waals surface area contributed by atoms with Crippen molar-refractivity contribution in [2.24, 2.45) is 0 Å². The summed E-state index contributed by atoms with van der Waals surface area (Å²) in [4.78, 5) is 11.2. The highest BCUT2D eigenvalue weighted by Crippen LogP contribution is 2.28. The van der Waals surface area contributed by atoms with E-state index in [1.165, 1.54) is 0 Å². The second-order valence-corrected chi connectivity index (χ2v) is 5.92. The van der Waals surface area contributed by atoms with Crippen molar-refractivity contribution < 1.29 is 0 Å². The average Bonchev–Trinajstić information content (AvgIpc) is 2.31. The Morgan fingerprint density at radius 2 is 2.24 bits per heavy atom. The van der Waals surface area contributed by atoms with Gasteiger partial charge in [-0.1, -0.05) is 13.8 Å². The van der Waals surface area contributed by atoms with E-state index in [1.807, 2.05) is 17.8 Å². The van der Waals surface area contributed by atoms with Crippen molar-refractivity contribution in [1.29, 1.82) is 0 Å². The van der Waals surface area contributed by atoms with Gasteiger partial charge in [0.2, 0.25) is 0 Å². The third-order valence-electron chi connectivity index (χ3n) is 3.27. The molecule has 17 heavy (non-hydrogen) atoms. The van der Waals surface area contributed by atoms with Crippen LogP contribution in [0.25, 0.3) is 0 Å². The number of nitrogens with zero attached hydrogens (tertiary/aromatic N) is 3. The number of hydrogen-bond donors (Lipinski definition) is 1. The maximum atomic E-state index is 5.84. The third kappa shape index (κ3) is 2.65. The fourth-order valence-electron chi connectivity index (χ4n) is 2.06. The molecule has 1 aromatic rings. The van der Waals surface area contributed by atoms with E-state index in [-0.39, 0.29) is 0 Å². The molecule has 0 radical (unpaired) electrons. The zero-order valence-corrected chi connectivity index (χ0v) is 11.5. The molecule has 94 valence electrons. The lowest BCUT2D eigenvalue weighted by Gasteiger charge is -2.38. The third-order valence-corrected chi connectivity index (χ3v) is 4.61. The Labute approximate surface area is 107 Å². The molecule has 4 nitrogen and oxygen atoms in total. The molecule has 5 heteroatoms. The Morgan fingerprint density at radius 1 is 1.47 bits per heavy atom. The Balaban J connectivity index is 2.29. The molecule has 1 aliphatic rings. The van der Waals surface area contributed by atoms with E-state index < -0.39 is 0 Å². The maximum absolute atomic E-state index is 5.84. The number of hydrogen-bond acceptors (Lipinski definition) is 5. The summed E-state index contributed by atoms with van der Waals surface area (Å²) in [6.45, 7) is 7.61. The van der Waals surface area contributed by atoms with Crippen LogP contribution < -0.4 is 10.6 Å². The van der Waals surface area contributed by atoms with Crippen molar-refractivity contribution in [2.75, 3.05) is 22.9 Å². The normalized spacial score (nSPS) is 25.0. The zero-order chi connectivity index (χ0) is 12.4. The van der Waals surface area contributed by atoms with Crippen LogP contribution >= 0.6 is 11.8 Å². The molecule has 0 amide bonds. The number of rotatable bonds is 2. The van der Waals surface area contributed by atoms with Gasteiger partial charge < -0.3 is 10.6 Å². The summed E-state index contributed by atoms with van der Waals surface area (Å²) in [7, 11) is 0. The van der Waals surface area contributed by atoms with E-state index >= 15 is 0 Å². The van der Waals surface area contributed by atoms with E-state index in [1.54, 1.807) is 0 Å². The van der Waals surface area contributed by atoms with Crippen molar-refractivity contribution in [2.45, 2.75) is 38.5 Å². The highest BCUT2D eigenvalue weighted by Gasteiger charge is 2.26. The van der Waals surface area contributed by atoms with Crippen molar-refractivity contribution in [3.8, 4) is 0 Å². The van der Waals surface area contributed by atoms with E-state index in [0.717, 1.165) is 30.4 Å². The second-order valence-electron chi connectivity index (χ2n) is 4.43. The van der Waals surface area contributed by atoms with Crippen LogP contribution in [-0.4, -0.2) is 33.6 Å². The van der Waals surface area contributed by atoms with Crippen LogP contribution in [-0.2, 0) is 6.42 Å². The zero-order valence-electron chi connectivity index (χ0n) is 10.7. The van der Waals surface area contributed by atoms with Crippen LogP contribution in [0.5, 0.6) is 0 Å². The van der Waals surface area contributed by atoms with Gasteiger partial charge in [0.25, 0.3) is 0 Å². The minimum atomic E-state index is 0.493. The van der Waals surface area contributed by atoms with Gasteiger partial charge in [-0.2, -0.15) is 11.8 Å². The molecule has 1 aromatic heterocycles. The van der Waals surface area contributed by atoms with Gasteiger partial charge in [0, 0.05) is 36.1 Å². The van der Waals surface area contributed by atoms with E-state index in [2.05, 4.69) is 35.6 Å². The lowest BCUT2D eigenvalue weighted by atomic mass is 10.2. The number of thioether (sulfide) groups is 1. The number of anilines is 2. The Bertz CT molecular complexity index is 396. The standard InChI is InChI=1S/C12H20N4S/c1-4-11-14-10(13)7-12(15-11)16-5-6-17-9(3)8(16)2/h7-9H,4-6H2,1-3H3,(H2,13,14,15). The first kappa shape index (κ1) is 12.5. The van der Waals surface area contributed by atoms with Crippen molar-refractivity contribution >= 4 is 23.4 Å². The molecular formula is C12H20N4S. The predicted octanol–water partition coefficient (Wildman–Crippen LogP) is 1.95. The molecule has 0 aromatic carbocycles. The summed E-state index contributed by atoms with van der Waals surface area (Å²) in [5.74, 6) is 3.54. The van der Waals surface area contributed by atoms with Crippen LogP contribution in [0.3, 0.4) is 0 Å². The van der Waals surface area contributed by atoms with E-state index in [4.69, 9.17) is 5.73 Å². The second kappa shape index (κ2) is 5.12. The lowest BCUT2D eigenvalue weighted by molar-refractivity contribution is 0.618. The molecule has 1 saturated heterocycles. The molecule has 2 heterocycles. The lowest BCUT2D eigenvalue weighted by Crippen LogP contribution is -2.45. The van der Waals surface area contributed by atoms with Crippen LogP contribution in [0.4, 0.5) is 11.6 Å². The number of nitrogens with two attached hydrogens (primary N) is 1. The molecule has 1 aliphatic heterocycles. The van der Waals surface area contributed by atoms with Gasteiger partial charge in [-0.05, 0) is 6.92 Å². The fraction of sp³-hybridized carbons (Fsp3) is 0.667. The summed E-state index contributed by atoms with van der Waals surface area (Å²) in [6, 6.07) is 2.38. The molecule has 0 aliphatic carbocycles. The van der Waals surface area contributed by atoms with Crippen molar-refractivity contribution in [3.05, 3.63) is 11.9 Å². The van der Waals surface area contributed by atoms with Gasteiger partial charge in [0.15, 0.2) is 0 Å². The highest BCUT2D eigenvalue weighted by atomic mass is 32.2. The van der Waals surface area contributed by atoms with E-state index in [9.17, 15) is 0 Å². The molecule has 2 N–H and O–H groups in total. The minimum Gasteiger partial charge on any atom is -0.384 e. The number of nitrogen functional groups attached to an aromatic ring is 1. The number of aromatic nitrogens is 2. The summed E-state index contributed by atoms with van der Waals surface area (Å²) in [6.07, 6.45) is 0.824. The molecule has 2 unspecified atom stereocenters. The Hall–Kier alpha value is -0.970. The summed E-state index contributed by atoms with van der Waals surface area (Å²) < 4.78 is 0. The monoisotopic (exact) mass is 252 g/mol. The molecule has 0 spiro atoms. The van der Waals surface area contributed by atoms with Gasteiger partial charge in [0.1, 0.15) is 17.5 Å². The fourth-order valence-corrected chi connectivity index (χ4v) is 3.16. The SMILES string of the molecule is CCc1nc(N)cc(N2CCSC(C)C2C)n1. The first-order valence-electron chi connectivity index (χ1n) is 6.13. The molecular weight excluding hydrogens is 232 g/mol. The molecule has 2 rings (SSSR count). The number of aryl methyl sites for hydroxylation is 1. The van der Waals surface area contributed by atoms with Gasteiger partial charge in [0.05, 0.1) is 0 Å². The molecule has 2 atom stereocenters. The molecule has 1 fully saturated rings. The van der Waals surface area contributed by atoms with E-state index in [0.29, 0.717) is 17.1 Å². The van der Waals surface area contributed by atoms with Crippen LogP contribution in [0, 0.1) is 0 Å². The highest BCUT2D eigenvalue weighted by molar-refractivity contribution is 8.00. The molecule has 0 bridgehead atoms. The van der Waals surface area contributed by atoms with Crippen LogP contribution in [0.1, 0.15) is 26.6 Å². The molecule has 0 saturated carbocycles. The van der Waals surface area contributed by atoms with Crippen LogP contribution in [0.15, 0.2) is 6.07 Å². The summed E-state index contributed by atoms with van der Waals surface area (Å²) in [5, 5.41) is 0.630. The Kier molecular flexibility index (Phi) is 3.76. The predicted molar refractivity (Wildman–Crippen MR) is 74.6 cm³/mol. The van der Waals surface area contributed by atoms with Gasteiger partial charge >= 0.3 is 0 Å². The topological polar surface area (TPSA) is 55.0 Å². The average molecular weight is 252 g/mol. The van der Waals surface area contributed by atoms with Gasteiger partial charge in [-0.3, -0.25) is 0 Å². The summed E-state index contributed by atoms with van der Waals surface area (Å²) >= 11 is 2.02. The van der Waals surface area contributed by atoms with Gasteiger partial charge in [-0.15, -0.1) is 0 Å². The minimum absolute atomic E-state index is 0.493. The van der Waals surface area contributed by atoms with Crippen molar-refractivity contribution in [1.82, 2.24) is 9.97 Å². The smallest absolute Gasteiger partial charge is 0.134 e. The first-order chi connectivity index (χ1) is 8.11. The first-order valence-corrected chi connectivity index (χ1v) is 7.18. The maximum Gasteiger partial charge on any atom is 0.134 e. The summed E-state index contributed by atoms with van der Waals surface area (Å²) in [5.41, 5.74) is 5.84. The van der Waals surface area contributed by atoms with Gasteiger partial charge in [-0.25, -0.2) is 9.97 Å². The quantitative estimate of drug-likeness (QED) is 0.872. The van der Waals surface area contributed by atoms with Crippen LogP contribution in [0.2, 0.25) is 0 Å². The van der Waals surface area contributed by atoms with Crippen molar-refractivity contribution in [3.63, 3.8) is 0 Å². The Morgan fingerprint density at radius 3 is 2.94 bits per heavy atom. The largest absolute Gasteiger partial charge is 0.384 e.